The lowest BCUT2D eigenvalue weighted by Crippen LogP contribution is -2.19. The number of benzene rings is 1. The molecule has 2 nitrogen and oxygen atoms in total. The second-order valence-corrected chi connectivity index (χ2v) is 4.66. The predicted octanol–water partition coefficient (Wildman–Crippen LogP) is 2.93. The van der Waals surface area contributed by atoms with E-state index >= 15 is 0 Å². The van der Waals surface area contributed by atoms with E-state index in [1.54, 1.807) is 7.11 Å². The van der Waals surface area contributed by atoms with Gasteiger partial charge in [0.25, 0.3) is 0 Å². The van der Waals surface area contributed by atoms with Crippen LogP contribution in [0.15, 0.2) is 24.3 Å². The average molecular weight is 219 g/mol. The third-order valence-corrected chi connectivity index (χ3v) is 3.77. The molecule has 1 aliphatic rings. The van der Waals surface area contributed by atoms with Crippen molar-refractivity contribution in [2.24, 2.45) is 11.7 Å². The van der Waals surface area contributed by atoms with Gasteiger partial charge in [0.05, 0.1) is 7.11 Å². The molecule has 1 unspecified atom stereocenters. The van der Waals surface area contributed by atoms with Crippen molar-refractivity contribution in [1.29, 1.82) is 0 Å². The van der Waals surface area contributed by atoms with Crippen LogP contribution in [0.4, 0.5) is 0 Å². The van der Waals surface area contributed by atoms with Crippen molar-refractivity contribution in [3.05, 3.63) is 29.8 Å². The summed E-state index contributed by atoms with van der Waals surface area (Å²) >= 11 is 0. The fraction of sp³-hybridized carbons (Fsp3) is 0.571. The van der Waals surface area contributed by atoms with E-state index in [0.717, 1.165) is 18.2 Å². The maximum absolute atomic E-state index is 5.92. The molecule has 2 N–H and O–H groups in total. The van der Waals surface area contributed by atoms with Gasteiger partial charge in [0.15, 0.2) is 0 Å². The molecule has 0 amide bonds. The fourth-order valence-corrected chi connectivity index (χ4v) is 2.81. The Labute approximate surface area is 97.8 Å². The average Bonchev–Trinajstić information content (AvgIpc) is 2.85. The van der Waals surface area contributed by atoms with Gasteiger partial charge in [-0.25, -0.2) is 0 Å². The molecular formula is C14H21NO. The predicted molar refractivity (Wildman–Crippen MR) is 66.7 cm³/mol. The van der Waals surface area contributed by atoms with Crippen molar-refractivity contribution in [2.45, 2.75) is 31.6 Å². The summed E-state index contributed by atoms with van der Waals surface area (Å²) in [4.78, 5) is 0. The minimum atomic E-state index is 0.536. The Bertz CT molecular complexity index is 314. The highest BCUT2D eigenvalue weighted by atomic mass is 16.5. The lowest BCUT2D eigenvalue weighted by atomic mass is 9.85. The monoisotopic (exact) mass is 219 g/mol. The first-order valence-corrected chi connectivity index (χ1v) is 6.19. The molecular weight excluding hydrogens is 198 g/mol. The molecule has 0 bridgehead atoms. The minimum absolute atomic E-state index is 0.536. The smallest absolute Gasteiger partial charge is 0.118 e. The molecule has 1 aromatic rings. The van der Waals surface area contributed by atoms with Crippen LogP contribution in [0.25, 0.3) is 0 Å². The van der Waals surface area contributed by atoms with Gasteiger partial charge in [-0.3, -0.25) is 0 Å². The molecule has 0 aromatic heterocycles. The number of hydrogen-bond acceptors (Lipinski definition) is 2. The molecule has 1 saturated carbocycles. The summed E-state index contributed by atoms with van der Waals surface area (Å²) in [5, 5.41) is 0. The Hall–Kier alpha value is -1.02. The molecule has 1 atom stereocenters. The zero-order valence-electron chi connectivity index (χ0n) is 9.99. The van der Waals surface area contributed by atoms with Crippen LogP contribution in [0, 0.1) is 5.92 Å². The third kappa shape index (κ3) is 2.38. The van der Waals surface area contributed by atoms with Gasteiger partial charge in [0.2, 0.25) is 0 Å². The van der Waals surface area contributed by atoms with Gasteiger partial charge in [0.1, 0.15) is 5.75 Å². The Morgan fingerprint density at radius 2 is 1.88 bits per heavy atom. The first-order valence-electron chi connectivity index (χ1n) is 6.19. The largest absolute Gasteiger partial charge is 0.497 e. The molecule has 0 radical (unpaired) electrons. The zero-order chi connectivity index (χ0) is 11.4. The van der Waals surface area contributed by atoms with Crippen LogP contribution in [0.3, 0.4) is 0 Å². The molecule has 2 rings (SSSR count). The van der Waals surface area contributed by atoms with Gasteiger partial charge < -0.3 is 10.5 Å². The molecule has 16 heavy (non-hydrogen) atoms. The molecule has 0 heterocycles. The standard InChI is InChI=1S/C14H21NO/c1-16-13-8-6-12(7-9-13)14(10-15)11-4-2-3-5-11/h6-9,11,14H,2-5,10,15H2,1H3. The van der Waals surface area contributed by atoms with Crippen LogP contribution in [-0.2, 0) is 0 Å². The van der Waals surface area contributed by atoms with Gasteiger partial charge in [-0.2, -0.15) is 0 Å². The second kappa shape index (κ2) is 5.35. The molecule has 88 valence electrons. The van der Waals surface area contributed by atoms with E-state index in [4.69, 9.17) is 10.5 Å². The molecule has 0 saturated heterocycles. The summed E-state index contributed by atoms with van der Waals surface area (Å²) in [6.07, 6.45) is 5.43. The lowest BCUT2D eigenvalue weighted by Gasteiger charge is -2.22. The van der Waals surface area contributed by atoms with E-state index < -0.39 is 0 Å². The highest BCUT2D eigenvalue weighted by Gasteiger charge is 2.24. The maximum Gasteiger partial charge on any atom is 0.118 e. The number of nitrogens with two attached hydrogens (primary N) is 1. The van der Waals surface area contributed by atoms with E-state index in [0.29, 0.717) is 5.92 Å². The van der Waals surface area contributed by atoms with Crippen LogP contribution < -0.4 is 10.5 Å². The summed E-state index contributed by atoms with van der Waals surface area (Å²) in [5.41, 5.74) is 7.29. The van der Waals surface area contributed by atoms with Crippen LogP contribution in [0.1, 0.15) is 37.2 Å². The van der Waals surface area contributed by atoms with Crippen LogP contribution in [0.2, 0.25) is 0 Å². The summed E-state index contributed by atoms with van der Waals surface area (Å²) in [6.45, 7) is 0.761. The van der Waals surface area contributed by atoms with Crippen molar-refractivity contribution in [1.82, 2.24) is 0 Å². The van der Waals surface area contributed by atoms with E-state index in [1.165, 1.54) is 31.2 Å². The highest BCUT2D eigenvalue weighted by molar-refractivity contribution is 5.30. The first kappa shape index (κ1) is 11.5. The Morgan fingerprint density at radius 3 is 2.38 bits per heavy atom. The number of rotatable bonds is 4. The molecule has 1 fully saturated rings. The van der Waals surface area contributed by atoms with Crippen molar-refractivity contribution in [3.8, 4) is 5.75 Å². The zero-order valence-corrected chi connectivity index (χ0v) is 9.99. The van der Waals surface area contributed by atoms with E-state index in [1.807, 2.05) is 12.1 Å². The number of ether oxygens (including phenoxy) is 1. The SMILES string of the molecule is COc1ccc(C(CN)C2CCCC2)cc1. The lowest BCUT2D eigenvalue weighted by molar-refractivity contribution is 0.412. The Kier molecular flexibility index (Phi) is 3.83. The summed E-state index contributed by atoms with van der Waals surface area (Å²) in [6, 6.07) is 8.39. The molecule has 1 aliphatic carbocycles. The quantitative estimate of drug-likeness (QED) is 0.845. The van der Waals surface area contributed by atoms with Crippen molar-refractivity contribution in [3.63, 3.8) is 0 Å². The summed E-state index contributed by atoms with van der Waals surface area (Å²) in [7, 11) is 1.70. The number of methoxy groups -OCH3 is 1. The van der Waals surface area contributed by atoms with Gasteiger partial charge in [-0.15, -0.1) is 0 Å². The minimum Gasteiger partial charge on any atom is -0.497 e. The van der Waals surface area contributed by atoms with E-state index in [2.05, 4.69) is 12.1 Å². The molecule has 0 aliphatic heterocycles. The topological polar surface area (TPSA) is 35.2 Å². The molecule has 0 spiro atoms. The van der Waals surface area contributed by atoms with Gasteiger partial charge in [0, 0.05) is 0 Å². The van der Waals surface area contributed by atoms with Crippen LogP contribution in [-0.4, -0.2) is 13.7 Å². The normalized spacial score (nSPS) is 18.6. The van der Waals surface area contributed by atoms with Gasteiger partial charge in [-0.1, -0.05) is 25.0 Å². The van der Waals surface area contributed by atoms with Crippen molar-refractivity contribution >= 4 is 0 Å². The maximum atomic E-state index is 5.92. The first-order chi connectivity index (χ1) is 7.85. The third-order valence-electron chi connectivity index (χ3n) is 3.77. The Balaban J connectivity index is 2.12. The second-order valence-electron chi connectivity index (χ2n) is 4.66. The highest BCUT2D eigenvalue weighted by Crippen LogP contribution is 2.37. The van der Waals surface area contributed by atoms with Gasteiger partial charge >= 0.3 is 0 Å². The Morgan fingerprint density at radius 1 is 1.25 bits per heavy atom. The summed E-state index contributed by atoms with van der Waals surface area (Å²) in [5.74, 6) is 2.25. The van der Waals surface area contributed by atoms with E-state index in [9.17, 15) is 0 Å². The van der Waals surface area contributed by atoms with Crippen molar-refractivity contribution in [2.75, 3.05) is 13.7 Å². The molecule has 1 aromatic carbocycles. The number of hydrogen-bond donors (Lipinski definition) is 1. The van der Waals surface area contributed by atoms with E-state index in [-0.39, 0.29) is 0 Å². The van der Waals surface area contributed by atoms with Crippen LogP contribution in [0.5, 0.6) is 5.75 Å². The molecule has 2 heteroatoms. The fourth-order valence-electron chi connectivity index (χ4n) is 2.81. The van der Waals surface area contributed by atoms with Gasteiger partial charge in [-0.05, 0) is 48.9 Å². The summed E-state index contributed by atoms with van der Waals surface area (Å²) < 4.78 is 5.18. The van der Waals surface area contributed by atoms with Crippen molar-refractivity contribution < 1.29 is 4.74 Å². The van der Waals surface area contributed by atoms with Crippen LogP contribution >= 0.6 is 0 Å².